The van der Waals surface area contributed by atoms with Crippen molar-refractivity contribution >= 4 is 9.84 Å². The van der Waals surface area contributed by atoms with Crippen molar-refractivity contribution in [3.8, 4) is 0 Å². The molecule has 5 heteroatoms. The van der Waals surface area contributed by atoms with Crippen LogP contribution < -0.4 is 11.5 Å². The summed E-state index contributed by atoms with van der Waals surface area (Å²) in [5, 5.41) is -0.419. The zero-order chi connectivity index (χ0) is 14.6. The van der Waals surface area contributed by atoms with Crippen LogP contribution in [0.15, 0.2) is 29.2 Å². The predicted molar refractivity (Wildman–Crippen MR) is 78.8 cm³/mol. The molecule has 4 N–H and O–H groups in total. The number of hydrogen-bond donors (Lipinski definition) is 2. The molecule has 1 atom stereocenters. The lowest BCUT2D eigenvalue weighted by Gasteiger charge is -2.22. The lowest BCUT2D eigenvalue weighted by Crippen LogP contribution is -2.28. The van der Waals surface area contributed by atoms with Crippen LogP contribution in [0.25, 0.3) is 0 Å². The summed E-state index contributed by atoms with van der Waals surface area (Å²) in [7, 11) is -3.23. The summed E-state index contributed by atoms with van der Waals surface area (Å²) >= 11 is 0. The molecule has 19 heavy (non-hydrogen) atoms. The van der Waals surface area contributed by atoms with Gasteiger partial charge in [-0.1, -0.05) is 19.1 Å². The molecule has 1 unspecified atom stereocenters. The maximum Gasteiger partial charge on any atom is 0.180 e. The first-order valence-electron chi connectivity index (χ1n) is 6.58. The molecule has 0 aliphatic heterocycles. The maximum atomic E-state index is 12.2. The topological polar surface area (TPSA) is 86.2 Å². The molecule has 1 aromatic carbocycles. The van der Waals surface area contributed by atoms with Gasteiger partial charge in [-0.25, -0.2) is 8.42 Å². The Labute approximate surface area is 116 Å². The van der Waals surface area contributed by atoms with Gasteiger partial charge in [0.2, 0.25) is 0 Å². The van der Waals surface area contributed by atoms with Gasteiger partial charge in [0.25, 0.3) is 0 Å². The molecule has 0 aromatic heterocycles. The first-order valence-corrected chi connectivity index (χ1v) is 8.13. The Balaban J connectivity index is 3.14. The summed E-state index contributed by atoms with van der Waals surface area (Å²) in [6.07, 6.45) is 0. The molecule has 1 rings (SSSR count). The fourth-order valence-corrected chi connectivity index (χ4v) is 3.14. The molecule has 0 spiro atoms. The number of sulfone groups is 1. The highest BCUT2D eigenvalue weighted by atomic mass is 32.2. The largest absolute Gasteiger partial charge is 0.330 e. The highest BCUT2D eigenvalue weighted by Crippen LogP contribution is 2.26. The van der Waals surface area contributed by atoms with Crippen molar-refractivity contribution in [2.75, 3.05) is 13.1 Å². The third kappa shape index (κ3) is 3.55. The average molecular weight is 284 g/mol. The molecule has 0 saturated carbocycles. The van der Waals surface area contributed by atoms with Crippen molar-refractivity contribution in [3.63, 3.8) is 0 Å². The second-order valence-electron chi connectivity index (χ2n) is 5.19. The van der Waals surface area contributed by atoms with Gasteiger partial charge in [-0.2, -0.15) is 0 Å². The second-order valence-corrected chi connectivity index (χ2v) is 7.69. The van der Waals surface area contributed by atoms with E-state index in [0.717, 1.165) is 5.56 Å². The van der Waals surface area contributed by atoms with Gasteiger partial charge in [0.15, 0.2) is 9.84 Å². The van der Waals surface area contributed by atoms with E-state index in [4.69, 9.17) is 11.5 Å². The molecule has 108 valence electrons. The molecule has 0 fully saturated rings. The van der Waals surface area contributed by atoms with Crippen molar-refractivity contribution in [2.24, 2.45) is 17.4 Å². The molecule has 0 saturated heterocycles. The molecule has 0 heterocycles. The molecule has 0 radical (unpaired) electrons. The van der Waals surface area contributed by atoms with Crippen LogP contribution in [0.5, 0.6) is 0 Å². The van der Waals surface area contributed by atoms with Crippen LogP contribution >= 0.6 is 0 Å². The van der Waals surface area contributed by atoms with Gasteiger partial charge in [-0.05, 0) is 56.5 Å². The molecule has 0 aliphatic rings. The van der Waals surface area contributed by atoms with Crippen LogP contribution in [0.2, 0.25) is 0 Å². The van der Waals surface area contributed by atoms with E-state index in [9.17, 15) is 8.42 Å². The van der Waals surface area contributed by atoms with Crippen LogP contribution in [0.3, 0.4) is 0 Å². The van der Waals surface area contributed by atoms with E-state index in [1.807, 2.05) is 13.0 Å². The lowest BCUT2D eigenvalue weighted by atomic mass is 9.88. The Bertz CT molecular complexity index is 508. The standard InChI is InChI=1S/C14H24N2O2S/c1-10(2)19(17,18)14-6-4-5-12(7-14)11(3)13(8-15)9-16/h4-7,10-11,13H,8-9,15-16H2,1-3H3. The van der Waals surface area contributed by atoms with E-state index in [-0.39, 0.29) is 11.8 Å². The minimum atomic E-state index is -3.23. The van der Waals surface area contributed by atoms with Crippen LogP contribution in [0, 0.1) is 5.92 Å². The number of rotatable bonds is 6. The number of nitrogens with two attached hydrogens (primary N) is 2. The van der Waals surface area contributed by atoms with Gasteiger partial charge < -0.3 is 11.5 Å². The Morgan fingerprint density at radius 3 is 2.16 bits per heavy atom. The van der Waals surface area contributed by atoms with E-state index >= 15 is 0 Å². The fraction of sp³-hybridized carbons (Fsp3) is 0.571. The van der Waals surface area contributed by atoms with Crippen LogP contribution in [0.4, 0.5) is 0 Å². The smallest absolute Gasteiger partial charge is 0.180 e. The Morgan fingerprint density at radius 1 is 1.11 bits per heavy atom. The SMILES string of the molecule is CC(c1cccc(S(=O)(=O)C(C)C)c1)C(CN)CN. The Kier molecular flexibility index (Phi) is 5.52. The number of benzene rings is 1. The van der Waals surface area contributed by atoms with Gasteiger partial charge in [0.05, 0.1) is 10.1 Å². The molecular formula is C14H24N2O2S. The minimum Gasteiger partial charge on any atom is -0.330 e. The zero-order valence-electron chi connectivity index (χ0n) is 11.8. The molecule has 1 aromatic rings. The van der Waals surface area contributed by atoms with Crippen molar-refractivity contribution in [1.82, 2.24) is 0 Å². The lowest BCUT2D eigenvalue weighted by molar-refractivity contribution is 0.466. The molecule has 0 amide bonds. The van der Waals surface area contributed by atoms with E-state index in [1.165, 1.54) is 0 Å². The molecular weight excluding hydrogens is 260 g/mol. The van der Waals surface area contributed by atoms with E-state index in [0.29, 0.717) is 18.0 Å². The summed E-state index contributed by atoms with van der Waals surface area (Å²) in [5.41, 5.74) is 12.4. The summed E-state index contributed by atoms with van der Waals surface area (Å²) < 4.78 is 24.3. The van der Waals surface area contributed by atoms with Crippen molar-refractivity contribution in [3.05, 3.63) is 29.8 Å². The quantitative estimate of drug-likeness (QED) is 0.829. The summed E-state index contributed by atoms with van der Waals surface area (Å²) in [6, 6.07) is 7.11. The van der Waals surface area contributed by atoms with Crippen molar-refractivity contribution < 1.29 is 8.42 Å². The van der Waals surface area contributed by atoms with Crippen molar-refractivity contribution in [1.29, 1.82) is 0 Å². The minimum absolute atomic E-state index is 0.150. The zero-order valence-corrected chi connectivity index (χ0v) is 12.7. The third-order valence-corrected chi connectivity index (χ3v) is 5.80. The summed E-state index contributed by atoms with van der Waals surface area (Å²) in [6.45, 7) is 6.41. The van der Waals surface area contributed by atoms with Gasteiger partial charge in [-0.3, -0.25) is 0 Å². The Morgan fingerprint density at radius 2 is 1.68 bits per heavy atom. The second kappa shape index (κ2) is 6.50. The van der Waals surface area contributed by atoms with Crippen LogP contribution in [0.1, 0.15) is 32.3 Å². The van der Waals surface area contributed by atoms with Gasteiger partial charge in [-0.15, -0.1) is 0 Å². The summed E-state index contributed by atoms with van der Waals surface area (Å²) in [5.74, 6) is 0.314. The Hall–Kier alpha value is -0.910. The average Bonchev–Trinajstić information content (AvgIpc) is 2.40. The molecule has 4 nitrogen and oxygen atoms in total. The van der Waals surface area contributed by atoms with Crippen LogP contribution in [-0.4, -0.2) is 26.8 Å². The monoisotopic (exact) mass is 284 g/mol. The van der Waals surface area contributed by atoms with E-state index in [2.05, 4.69) is 0 Å². The molecule has 0 aliphatic carbocycles. The van der Waals surface area contributed by atoms with E-state index < -0.39 is 15.1 Å². The van der Waals surface area contributed by atoms with Gasteiger partial charge in [0, 0.05) is 0 Å². The van der Waals surface area contributed by atoms with Gasteiger partial charge in [0.1, 0.15) is 0 Å². The molecule has 0 bridgehead atoms. The number of hydrogen-bond acceptors (Lipinski definition) is 4. The highest BCUT2D eigenvalue weighted by Gasteiger charge is 2.22. The first kappa shape index (κ1) is 16.1. The predicted octanol–water partition coefficient (Wildman–Crippen LogP) is 1.51. The highest BCUT2D eigenvalue weighted by molar-refractivity contribution is 7.92. The van der Waals surface area contributed by atoms with Crippen LogP contribution in [-0.2, 0) is 9.84 Å². The maximum absolute atomic E-state index is 12.2. The fourth-order valence-electron chi connectivity index (χ4n) is 2.02. The first-order chi connectivity index (χ1) is 8.84. The van der Waals surface area contributed by atoms with Crippen molar-refractivity contribution in [2.45, 2.75) is 36.8 Å². The normalized spacial score (nSPS) is 14.1. The van der Waals surface area contributed by atoms with E-state index in [1.54, 1.807) is 32.0 Å². The van der Waals surface area contributed by atoms with Gasteiger partial charge >= 0.3 is 0 Å². The third-order valence-electron chi connectivity index (χ3n) is 3.65. The summed E-state index contributed by atoms with van der Waals surface area (Å²) in [4.78, 5) is 0.375.